The van der Waals surface area contributed by atoms with E-state index in [2.05, 4.69) is 10.3 Å². The number of fused-ring (bicyclic) bond motifs is 1. The first-order valence-electron chi connectivity index (χ1n) is 5.67. The molecule has 0 spiro atoms. The quantitative estimate of drug-likeness (QED) is 0.754. The second kappa shape index (κ2) is 3.92. The van der Waals surface area contributed by atoms with Crippen LogP contribution in [0.15, 0.2) is 29.1 Å². The van der Waals surface area contributed by atoms with E-state index in [4.69, 9.17) is 0 Å². The maximum absolute atomic E-state index is 13.5. The van der Waals surface area contributed by atoms with Gasteiger partial charge in [0, 0.05) is 12.1 Å². The van der Waals surface area contributed by atoms with Crippen LogP contribution in [0.4, 0.5) is 4.39 Å². The summed E-state index contributed by atoms with van der Waals surface area (Å²) in [5.41, 5.74) is 0.705. The van der Waals surface area contributed by atoms with Gasteiger partial charge in [-0.15, -0.1) is 0 Å². The van der Waals surface area contributed by atoms with Gasteiger partial charge in [0.25, 0.3) is 5.56 Å². The highest BCUT2D eigenvalue weighted by atomic mass is 19.1. The van der Waals surface area contributed by atoms with Gasteiger partial charge in [-0.2, -0.15) is 4.39 Å². The molecular formula is C12H12FN3O. The molecule has 0 aromatic carbocycles. The van der Waals surface area contributed by atoms with Crippen molar-refractivity contribution in [3.63, 3.8) is 0 Å². The second-order valence-corrected chi connectivity index (χ2v) is 4.21. The summed E-state index contributed by atoms with van der Waals surface area (Å²) in [7, 11) is 0. The van der Waals surface area contributed by atoms with Crippen LogP contribution >= 0.6 is 0 Å². The molecule has 2 aromatic heterocycles. The monoisotopic (exact) mass is 233 g/mol. The number of nitrogens with one attached hydrogen (secondary N) is 1. The third-order valence-corrected chi connectivity index (χ3v) is 3.07. The molecule has 3 rings (SSSR count). The van der Waals surface area contributed by atoms with Gasteiger partial charge in [0.15, 0.2) is 0 Å². The zero-order valence-corrected chi connectivity index (χ0v) is 9.19. The molecule has 0 aliphatic carbocycles. The van der Waals surface area contributed by atoms with Crippen molar-refractivity contribution in [2.24, 2.45) is 0 Å². The summed E-state index contributed by atoms with van der Waals surface area (Å²) in [6.45, 7) is 0.939. The number of pyridine rings is 1. The number of nitrogens with zero attached hydrogens (tertiary/aromatic N) is 2. The highest BCUT2D eigenvalue weighted by molar-refractivity contribution is 5.39. The van der Waals surface area contributed by atoms with Gasteiger partial charge in [0.2, 0.25) is 5.95 Å². The van der Waals surface area contributed by atoms with Gasteiger partial charge in [-0.3, -0.25) is 4.79 Å². The third-order valence-electron chi connectivity index (χ3n) is 3.07. The molecule has 2 aromatic rings. The van der Waals surface area contributed by atoms with Crippen molar-refractivity contribution in [1.29, 1.82) is 0 Å². The molecule has 3 heterocycles. The minimum Gasteiger partial charge on any atom is -0.309 e. The molecule has 5 heteroatoms. The summed E-state index contributed by atoms with van der Waals surface area (Å²) >= 11 is 0. The summed E-state index contributed by atoms with van der Waals surface area (Å²) in [6.07, 6.45) is 2.05. The van der Waals surface area contributed by atoms with E-state index in [0.29, 0.717) is 11.3 Å². The van der Waals surface area contributed by atoms with E-state index >= 15 is 0 Å². The fraction of sp³-hybridized carbons (Fsp3) is 0.333. The average molecular weight is 233 g/mol. The van der Waals surface area contributed by atoms with E-state index in [-0.39, 0.29) is 11.6 Å². The molecule has 0 radical (unpaired) electrons. The van der Waals surface area contributed by atoms with E-state index in [9.17, 15) is 9.18 Å². The number of halogens is 1. The zero-order chi connectivity index (χ0) is 11.8. The van der Waals surface area contributed by atoms with E-state index in [1.807, 2.05) is 0 Å². The van der Waals surface area contributed by atoms with Crippen molar-refractivity contribution >= 4 is 5.65 Å². The molecule has 1 saturated heterocycles. The molecule has 1 atom stereocenters. The largest absolute Gasteiger partial charge is 0.309 e. The Hall–Kier alpha value is -1.75. The molecule has 0 amide bonds. The molecule has 0 saturated carbocycles. The Morgan fingerprint density at radius 1 is 1.47 bits per heavy atom. The van der Waals surface area contributed by atoms with Gasteiger partial charge in [0.05, 0.1) is 5.69 Å². The van der Waals surface area contributed by atoms with Crippen molar-refractivity contribution in [1.82, 2.24) is 14.7 Å². The van der Waals surface area contributed by atoms with Gasteiger partial charge in [-0.05, 0) is 31.5 Å². The Morgan fingerprint density at radius 2 is 2.35 bits per heavy atom. The van der Waals surface area contributed by atoms with Gasteiger partial charge >= 0.3 is 0 Å². The zero-order valence-electron chi connectivity index (χ0n) is 9.19. The smallest absolute Gasteiger partial charge is 0.260 e. The van der Waals surface area contributed by atoms with Crippen LogP contribution in [-0.2, 0) is 0 Å². The molecular weight excluding hydrogens is 221 g/mol. The van der Waals surface area contributed by atoms with Gasteiger partial charge < -0.3 is 5.32 Å². The lowest BCUT2D eigenvalue weighted by Crippen LogP contribution is -2.22. The summed E-state index contributed by atoms with van der Waals surface area (Å²) in [6, 6.07) is 5.99. The van der Waals surface area contributed by atoms with E-state index in [0.717, 1.165) is 23.8 Å². The minimum absolute atomic E-state index is 0.121. The fourth-order valence-corrected chi connectivity index (χ4v) is 2.25. The minimum atomic E-state index is -0.578. The van der Waals surface area contributed by atoms with Crippen molar-refractivity contribution in [3.8, 4) is 0 Å². The Labute approximate surface area is 97.1 Å². The van der Waals surface area contributed by atoms with Crippen LogP contribution in [0.2, 0.25) is 0 Å². The SMILES string of the molecule is O=c1cc(C2CCCN2)nc2cccc(F)n12. The lowest BCUT2D eigenvalue weighted by atomic mass is 10.1. The summed E-state index contributed by atoms with van der Waals surface area (Å²) < 4.78 is 14.4. The van der Waals surface area contributed by atoms with Crippen molar-refractivity contribution in [3.05, 3.63) is 46.3 Å². The molecule has 1 fully saturated rings. The third kappa shape index (κ3) is 1.72. The number of hydrogen-bond donors (Lipinski definition) is 1. The Balaban J connectivity index is 2.20. The Kier molecular flexibility index (Phi) is 2.40. The van der Waals surface area contributed by atoms with Crippen molar-refractivity contribution < 1.29 is 4.39 Å². The summed E-state index contributed by atoms with van der Waals surface area (Å²) in [4.78, 5) is 16.2. The number of rotatable bonds is 1. The molecule has 88 valence electrons. The van der Waals surface area contributed by atoms with Crippen molar-refractivity contribution in [2.75, 3.05) is 6.54 Å². The topological polar surface area (TPSA) is 46.4 Å². The summed E-state index contributed by atoms with van der Waals surface area (Å²) in [5.74, 6) is -0.578. The highest BCUT2D eigenvalue weighted by Crippen LogP contribution is 2.20. The van der Waals surface area contributed by atoms with E-state index < -0.39 is 5.95 Å². The lowest BCUT2D eigenvalue weighted by Gasteiger charge is -2.10. The molecule has 1 N–H and O–H groups in total. The molecule has 17 heavy (non-hydrogen) atoms. The molecule has 1 aliphatic heterocycles. The molecule has 4 nitrogen and oxygen atoms in total. The van der Waals surface area contributed by atoms with Crippen LogP contribution in [0.25, 0.3) is 5.65 Å². The van der Waals surface area contributed by atoms with Crippen LogP contribution < -0.4 is 10.9 Å². The van der Waals surface area contributed by atoms with Crippen LogP contribution in [-0.4, -0.2) is 15.9 Å². The first kappa shape index (κ1) is 10.4. The predicted octanol–water partition coefficient (Wildman–Crippen LogP) is 1.26. The van der Waals surface area contributed by atoms with Gasteiger partial charge in [-0.25, -0.2) is 9.38 Å². The van der Waals surface area contributed by atoms with Crippen LogP contribution in [0.1, 0.15) is 24.6 Å². The number of hydrogen-bond acceptors (Lipinski definition) is 3. The molecule has 0 bridgehead atoms. The fourth-order valence-electron chi connectivity index (χ4n) is 2.25. The number of aromatic nitrogens is 2. The Bertz CT molecular complexity index is 617. The van der Waals surface area contributed by atoms with Crippen LogP contribution in [0, 0.1) is 5.95 Å². The summed E-state index contributed by atoms with van der Waals surface area (Å²) in [5, 5.41) is 3.28. The highest BCUT2D eigenvalue weighted by Gasteiger charge is 2.19. The normalized spacial score (nSPS) is 19.9. The van der Waals surface area contributed by atoms with Gasteiger partial charge in [-0.1, -0.05) is 6.07 Å². The standard InChI is InChI=1S/C12H12FN3O/c13-10-4-1-5-11-15-9(7-12(17)16(10)11)8-3-2-6-14-8/h1,4-5,7-8,14H,2-3,6H2. The lowest BCUT2D eigenvalue weighted by molar-refractivity contribution is 0.555. The molecule has 1 aliphatic rings. The average Bonchev–Trinajstić information content (AvgIpc) is 2.81. The second-order valence-electron chi connectivity index (χ2n) is 4.21. The van der Waals surface area contributed by atoms with E-state index in [1.165, 1.54) is 12.1 Å². The predicted molar refractivity (Wildman–Crippen MR) is 61.4 cm³/mol. The van der Waals surface area contributed by atoms with Gasteiger partial charge in [0.1, 0.15) is 5.65 Å². The molecule has 1 unspecified atom stereocenters. The maximum atomic E-state index is 13.5. The van der Waals surface area contributed by atoms with Crippen LogP contribution in [0.5, 0.6) is 0 Å². The Morgan fingerprint density at radius 3 is 3.12 bits per heavy atom. The maximum Gasteiger partial charge on any atom is 0.260 e. The van der Waals surface area contributed by atoms with Crippen LogP contribution in [0.3, 0.4) is 0 Å². The first-order valence-corrected chi connectivity index (χ1v) is 5.67. The first-order chi connectivity index (χ1) is 8.25. The van der Waals surface area contributed by atoms with E-state index in [1.54, 1.807) is 12.1 Å². The van der Waals surface area contributed by atoms with Crippen molar-refractivity contribution in [2.45, 2.75) is 18.9 Å².